The number of aromatic amines is 1. The zero-order chi connectivity index (χ0) is 26.5. The summed E-state index contributed by atoms with van der Waals surface area (Å²) in [6.07, 6.45) is 3.86. The molecule has 30 heavy (non-hydrogen) atoms. The van der Waals surface area contributed by atoms with Crippen molar-refractivity contribution in [2.45, 2.75) is 39.2 Å². The molecule has 0 spiro atoms. The highest BCUT2D eigenvalue weighted by molar-refractivity contribution is 7.88. The number of anilines is 1. The predicted octanol–water partition coefficient (Wildman–Crippen LogP) is 1.38. The number of aromatic nitrogens is 6. The molecule has 0 unspecified atom stereocenters. The van der Waals surface area contributed by atoms with E-state index in [4.69, 9.17) is 13.0 Å². The first-order valence-corrected chi connectivity index (χ1v) is 11.1. The van der Waals surface area contributed by atoms with E-state index in [9.17, 15) is 8.42 Å². The number of rotatable bonds is 6. The third-order valence-electron chi connectivity index (χ3n) is 4.99. The van der Waals surface area contributed by atoms with Crippen LogP contribution < -0.4 is 10.1 Å². The molecule has 3 aromatic heterocycles. The first kappa shape index (κ1) is 14.3. The van der Waals surface area contributed by atoms with E-state index in [0.717, 1.165) is 0 Å². The van der Waals surface area contributed by atoms with Crippen molar-refractivity contribution in [1.82, 2.24) is 34.1 Å². The highest BCUT2D eigenvalue weighted by Crippen LogP contribution is 2.29. The minimum absolute atomic E-state index is 0.0501. The zero-order valence-corrected chi connectivity index (χ0v) is 17.2. The quantitative estimate of drug-likeness (QED) is 0.588. The summed E-state index contributed by atoms with van der Waals surface area (Å²) < 4.78 is 78.3. The Bertz CT molecular complexity index is 1310. The molecular formula is C18H26N8O3S. The lowest BCUT2D eigenvalue weighted by Gasteiger charge is -2.35. The average Bonchev–Trinajstić information content (AvgIpc) is 3.40. The topological polar surface area (TPSA) is 130 Å². The van der Waals surface area contributed by atoms with Crippen LogP contribution in [0, 0.1) is 5.92 Å². The maximum atomic E-state index is 11.9. The summed E-state index contributed by atoms with van der Waals surface area (Å²) >= 11 is 0. The average molecular weight is 441 g/mol. The second-order valence-electron chi connectivity index (χ2n) is 7.24. The standard InChI is InChI=1S/C18H26N8O3S/c1-11(2)29-17-16(13-7-20-21-8-13)19-9-15-23-18(24-26(15)17)22-14-5-6-25(10-12(14)3)30(4,27)28/h7-9,11-12,14H,5-6,10H2,1-4H3,(H,20,21)(H,22,24)/t12-,14+/m1/s1/i1D3,2D3. The molecule has 1 fully saturated rings. The van der Waals surface area contributed by atoms with Gasteiger partial charge in [0.2, 0.25) is 21.9 Å². The molecule has 12 heteroatoms. The Hall–Kier alpha value is -2.73. The number of piperidine rings is 1. The number of nitrogens with zero attached hydrogens (tertiary/aromatic N) is 6. The van der Waals surface area contributed by atoms with Crippen LogP contribution in [0.2, 0.25) is 0 Å². The summed E-state index contributed by atoms with van der Waals surface area (Å²) in [5.74, 6) is -0.0902. The molecule has 0 radical (unpaired) electrons. The van der Waals surface area contributed by atoms with Gasteiger partial charge in [0.1, 0.15) is 5.69 Å². The van der Waals surface area contributed by atoms with E-state index in [1.165, 1.54) is 33.7 Å². The molecule has 0 amide bonds. The van der Waals surface area contributed by atoms with Gasteiger partial charge in [0, 0.05) is 39.1 Å². The third-order valence-corrected chi connectivity index (χ3v) is 6.26. The molecule has 0 aliphatic carbocycles. The fourth-order valence-corrected chi connectivity index (χ4v) is 4.42. The predicted molar refractivity (Wildman–Crippen MR) is 112 cm³/mol. The van der Waals surface area contributed by atoms with Crippen molar-refractivity contribution in [3.05, 3.63) is 18.6 Å². The molecule has 4 heterocycles. The van der Waals surface area contributed by atoms with Crippen LogP contribution in [0.15, 0.2) is 18.6 Å². The Morgan fingerprint density at radius 1 is 1.40 bits per heavy atom. The van der Waals surface area contributed by atoms with E-state index in [1.54, 1.807) is 0 Å². The van der Waals surface area contributed by atoms with Crippen LogP contribution in [0.3, 0.4) is 0 Å². The summed E-state index contributed by atoms with van der Waals surface area (Å²) in [6.45, 7) is -3.34. The Balaban J connectivity index is 1.71. The summed E-state index contributed by atoms with van der Waals surface area (Å²) in [5.41, 5.74) is 0.741. The summed E-state index contributed by atoms with van der Waals surface area (Å²) in [5, 5.41) is 14.1. The molecule has 11 nitrogen and oxygen atoms in total. The van der Waals surface area contributed by atoms with Crippen LogP contribution in [0.1, 0.15) is 35.3 Å². The van der Waals surface area contributed by atoms with Crippen LogP contribution in [0.5, 0.6) is 5.88 Å². The summed E-state index contributed by atoms with van der Waals surface area (Å²) in [6, 6.07) is -0.136. The third kappa shape index (κ3) is 4.10. The minimum Gasteiger partial charge on any atom is -0.473 e. The fourth-order valence-electron chi connectivity index (χ4n) is 3.48. The number of hydrogen-bond donors (Lipinski definition) is 2. The molecule has 1 saturated heterocycles. The lowest BCUT2D eigenvalue weighted by molar-refractivity contribution is 0.227. The smallest absolute Gasteiger partial charge is 0.244 e. The Morgan fingerprint density at radius 2 is 2.23 bits per heavy atom. The van der Waals surface area contributed by atoms with E-state index in [-0.39, 0.29) is 35.1 Å². The van der Waals surface area contributed by atoms with Crippen LogP contribution in [0.25, 0.3) is 16.9 Å². The summed E-state index contributed by atoms with van der Waals surface area (Å²) in [7, 11) is -3.30. The lowest BCUT2D eigenvalue weighted by atomic mass is 9.95. The Labute approximate surface area is 183 Å². The van der Waals surface area contributed by atoms with Gasteiger partial charge in [0.25, 0.3) is 0 Å². The van der Waals surface area contributed by atoms with Gasteiger partial charge in [-0.2, -0.15) is 14.6 Å². The second-order valence-corrected chi connectivity index (χ2v) is 9.22. The first-order valence-electron chi connectivity index (χ1n) is 12.3. The van der Waals surface area contributed by atoms with Crippen LogP contribution in [0.4, 0.5) is 5.95 Å². The Morgan fingerprint density at radius 3 is 2.90 bits per heavy atom. The van der Waals surface area contributed by atoms with Gasteiger partial charge in [-0.1, -0.05) is 6.92 Å². The maximum absolute atomic E-state index is 11.9. The molecule has 3 aromatic rings. The normalized spacial score (nSPS) is 24.5. The highest BCUT2D eigenvalue weighted by Gasteiger charge is 2.31. The highest BCUT2D eigenvalue weighted by atomic mass is 32.2. The van der Waals surface area contributed by atoms with Gasteiger partial charge in [-0.3, -0.25) is 5.10 Å². The Kier molecular flexibility index (Phi) is 3.74. The van der Waals surface area contributed by atoms with Crippen molar-refractivity contribution in [3.8, 4) is 17.1 Å². The number of sulfonamides is 1. The second kappa shape index (κ2) is 7.84. The molecule has 0 saturated carbocycles. The van der Waals surface area contributed by atoms with E-state index in [1.807, 2.05) is 6.92 Å². The number of hydrogen-bond acceptors (Lipinski definition) is 8. The van der Waals surface area contributed by atoms with Crippen molar-refractivity contribution >= 4 is 21.6 Å². The van der Waals surface area contributed by atoms with Gasteiger partial charge in [-0.05, 0) is 26.0 Å². The molecule has 2 atom stereocenters. The molecule has 162 valence electrons. The van der Waals surface area contributed by atoms with Gasteiger partial charge in [-0.15, -0.1) is 5.10 Å². The van der Waals surface area contributed by atoms with Crippen molar-refractivity contribution in [3.63, 3.8) is 0 Å². The molecular weight excluding hydrogens is 408 g/mol. The van der Waals surface area contributed by atoms with E-state index >= 15 is 0 Å². The lowest BCUT2D eigenvalue weighted by Crippen LogP contribution is -2.47. The van der Waals surface area contributed by atoms with E-state index in [0.29, 0.717) is 25.1 Å². The monoisotopic (exact) mass is 440 g/mol. The zero-order valence-electron chi connectivity index (χ0n) is 22.4. The van der Waals surface area contributed by atoms with Gasteiger partial charge in [0.15, 0.2) is 5.65 Å². The number of nitrogens with one attached hydrogen (secondary N) is 2. The van der Waals surface area contributed by atoms with Crippen molar-refractivity contribution in [2.75, 3.05) is 24.7 Å². The van der Waals surface area contributed by atoms with Crippen molar-refractivity contribution in [2.24, 2.45) is 5.92 Å². The molecule has 2 N–H and O–H groups in total. The van der Waals surface area contributed by atoms with Gasteiger partial charge in [-0.25, -0.2) is 17.7 Å². The summed E-state index contributed by atoms with van der Waals surface area (Å²) in [4.78, 5) is 8.69. The number of H-pyrrole nitrogens is 1. The first-order chi connectivity index (χ1) is 16.6. The fraction of sp³-hybridized carbons (Fsp3) is 0.556. The molecule has 1 aliphatic rings. The van der Waals surface area contributed by atoms with Gasteiger partial charge in [0.05, 0.1) is 24.8 Å². The van der Waals surface area contributed by atoms with Gasteiger partial charge >= 0.3 is 0 Å². The number of ether oxygens (including phenoxy) is 1. The largest absolute Gasteiger partial charge is 0.473 e. The van der Waals surface area contributed by atoms with Crippen molar-refractivity contribution < 1.29 is 21.4 Å². The van der Waals surface area contributed by atoms with Gasteiger partial charge < -0.3 is 10.1 Å². The molecule has 1 aliphatic heterocycles. The van der Waals surface area contributed by atoms with Crippen molar-refractivity contribution in [1.29, 1.82) is 0 Å². The maximum Gasteiger partial charge on any atom is 0.244 e. The van der Waals surface area contributed by atoms with E-state index < -0.39 is 29.8 Å². The molecule has 4 rings (SSSR count). The number of fused-ring (bicyclic) bond motifs is 1. The van der Waals surface area contributed by atoms with E-state index in [2.05, 4.69) is 30.6 Å². The SMILES string of the molecule is [2H]C([2H])([2H])C(Oc1c(-c2cn[nH]c2)ncc2nc(N[C@H]3CCN(S(C)(=O)=O)C[C@H]3C)nn12)C([2H])([2H])[2H]. The van der Waals surface area contributed by atoms with Crippen LogP contribution in [-0.2, 0) is 10.0 Å². The molecule has 0 bridgehead atoms. The molecule has 0 aromatic carbocycles. The van der Waals surface area contributed by atoms with Crippen LogP contribution >= 0.6 is 0 Å². The van der Waals surface area contributed by atoms with Crippen LogP contribution in [-0.4, -0.2) is 74.0 Å². The minimum atomic E-state index is -3.30.